The Kier molecular flexibility index (Phi) is 4.92. The van der Waals surface area contributed by atoms with Crippen molar-refractivity contribution in [3.8, 4) is 0 Å². The molecule has 1 aromatic heterocycles. The Hall–Kier alpha value is -1.09. The first-order chi connectivity index (χ1) is 9.87. The summed E-state index contributed by atoms with van der Waals surface area (Å²) in [5.41, 5.74) is 5.75. The molecule has 0 aromatic carbocycles. The van der Waals surface area contributed by atoms with Gasteiger partial charge in [-0.05, 0) is 25.6 Å². The summed E-state index contributed by atoms with van der Waals surface area (Å²) in [6.07, 6.45) is 1.49. The first-order valence-electron chi connectivity index (χ1n) is 6.87. The van der Waals surface area contributed by atoms with Gasteiger partial charge >= 0.3 is 0 Å². The standard InChI is InChI=1S/C13H20N4O2S2/c1-3-16-7-8-17(9-10(16)2)21(18,19)11-5-4-6-15-12(11)13(14)20/h4-6,10H,3,7-9H2,1-2H3,(H2,14,20). The minimum Gasteiger partial charge on any atom is -0.388 e. The van der Waals surface area contributed by atoms with Crippen molar-refractivity contribution in [1.29, 1.82) is 0 Å². The summed E-state index contributed by atoms with van der Waals surface area (Å²) in [4.78, 5) is 6.35. The van der Waals surface area contributed by atoms with Crippen molar-refractivity contribution < 1.29 is 8.42 Å². The van der Waals surface area contributed by atoms with E-state index in [9.17, 15) is 8.42 Å². The minimum atomic E-state index is -3.63. The van der Waals surface area contributed by atoms with Crippen LogP contribution in [0.5, 0.6) is 0 Å². The fraction of sp³-hybridized carbons (Fsp3) is 0.538. The fourth-order valence-corrected chi connectivity index (χ4v) is 4.47. The van der Waals surface area contributed by atoms with Crippen LogP contribution in [0.15, 0.2) is 23.2 Å². The number of pyridine rings is 1. The SMILES string of the molecule is CCN1CCN(S(=O)(=O)c2cccnc2C(N)=S)CC1C. The van der Waals surface area contributed by atoms with Gasteiger partial charge in [0.15, 0.2) is 0 Å². The highest BCUT2D eigenvalue weighted by Gasteiger charge is 2.33. The molecule has 1 aromatic rings. The molecule has 0 aliphatic carbocycles. The third-order valence-electron chi connectivity index (χ3n) is 3.76. The summed E-state index contributed by atoms with van der Waals surface area (Å²) in [5, 5.41) is 0. The van der Waals surface area contributed by atoms with Crippen LogP contribution in [-0.4, -0.2) is 59.8 Å². The van der Waals surface area contributed by atoms with Crippen LogP contribution in [0.25, 0.3) is 0 Å². The Morgan fingerprint density at radius 2 is 2.24 bits per heavy atom. The van der Waals surface area contributed by atoms with E-state index in [1.165, 1.54) is 16.6 Å². The molecule has 0 spiro atoms. The number of rotatable bonds is 4. The number of sulfonamides is 1. The van der Waals surface area contributed by atoms with Crippen molar-refractivity contribution in [3.63, 3.8) is 0 Å². The van der Waals surface area contributed by atoms with E-state index in [0.29, 0.717) is 13.1 Å². The van der Waals surface area contributed by atoms with Gasteiger partial charge < -0.3 is 5.73 Å². The highest BCUT2D eigenvalue weighted by molar-refractivity contribution is 7.89. The molecule has 2 N–H and O–H groups in total. The van der Waals surface area contributed by atoms with Crippen LogP contribution in [-0.2, 0) is 10.0 Å². The zero-order chi connectivity index (χ0) is 15.6. The number of piperazine rings is 1. The van der Waals surface area contributed by atoms with Crippen LogP contribution >= 0.6 is 12.2 Å². The Morgan fingerprint density at radius 3 is 2.81 bits per heavy atom. The fourth-order valence-electron chi connectivity index (χ4n) is 2.57. The van der Waals surface area contributed by atoms with Gasteiger partial charge in [-0.15, -0.1) is 0 Å². The molecule has 0 radical (unpaired) electrons. The van der Waals surface area contributed by atoms with Crippen LogP contribution < -0.4 is 5.73 Å². The van der Waals surface area contributed by atoms with E-state index in [-0.39, 0.29) is 21.6 Å². The van der Waals surface area contributed by atoms with Crippen molar-refractivity contribution in [2.75, 3.05) is 26.2 Å². The second-order valence-electron chi connectivity index (χ2n) is 5.06. The largest absolute Gasteiger partial charge is 0.388 e. The summed E-state index contributed by atoms with van der Waals surface area (Å²) >= 11 is 4.90. The molecule has 2 heterocycles. The van der Waals surface area contributed by atoms with Crippen LogP contribution in [0.4, 0.5) is 0 Å². The molecule has 1 fully saturated rings. The summed E-state index contributed by atoms with van der Waals surface area (Å²) in [7, 11) is -3.63. The lowest BCUT2D eigenvalue weighted by Gasteiger charge is -2.38. The zero-order valence-corrected chi connectivity index (χ0v) is 13.8. The van der Waals surface area contributed by atoms with Gasteiger partial charge in [0.2, 0.25) is 10.0 Å². The molecule has 0 saturated carbocycles. The molecular formula is C13H20N4O2S2. The quantitative estimate of drug-likeness (QED) is 0.808. The lowest BCUT2D eigenvalue weighted by Crippen LogP contribution is -2.53. The van der Waals surface area contributed by atoms with Crippen molar-refractivity contribution in [2.45, 2.75) is 24.8 Å². The van der Waals surface area contributed by atoms with E-state index in [2.05, 4.69) is 16.8 Å². The lowest BCUT2D eigenvalue weighted by molar-refractivity contribution is 0.135. The van der Waals surface area contributed by atoms with Crippen LogP contribution in [0, 0.1) is 0 Å². The maximum Gasteiger partial charge on any atom is 0.245 e. The molecule has 2 rings (SSSR count). The van der Waals surface area contributed by atoms with Gasteiger partial charge in [0.1, 0.15) is 15.6 Å². The summed E-state index contributed by atoms with van der Waals surface area (Å²) < 4.78 is 27.1. The van der Waals surface area contributed by atoms with Crippen LogP contribution in [0.3, 0.4) is 0 Å². The van der Waals surface area contributed by atoms with Gasteiger partial charge in [-0.25, -0.2) is 8.42 Å². The monoisotopic (exact) mass is 328 g/mol. The molecular weight excluding hydrogens is 308 g/mol. The van der Waals surface area contributed by atoms with Gasteiger partial charge in [-0.1, -0.05) is 19.1 Å². The van der Waals surface area contributed by atoms with E-state index < -0.39 is 10.0 Å². The maximum absolute atomic E-state index is 12.8. The first-order valence-corrected chi connectivity index (χ1v) is 8.71. The summed E-state index contributed by atoms with van der Waals surface area (Å²) in [5.74, 6) is 0. The van der Waals surface area contributed by atoms with Crippen LogP contribution in [0.2, 0.25) is 0 Å². The predicted octanol–water partition coefficient (Wildman–Crippen LogP) is 0.431. The molecule has 1 saturated heterocycles. The molecule has 1 aliphatic heterocycles. The van der Waals surface area contributed by atoms with Crippen molar-refractivity contribution in [3.05, 3.63) is 24.0 Å². The maximum atomic E-state index is 12.8. The smallest absolute Gasteiger partial charge is 0.245 e. The predicted molar refractivity (Wildman–Crippen MR) is 85.6 cm³/mol. The third kappa shape index (κ3) is 3.23. The Bertz CT molecular complexity index is 633. The molecule has 0 amide bonds. The Balaban J connectivity index is 2.34. The second kappa shape index (κ2) is 6.35. The Morgan fingerprint density at radius 1 is 1.52 bits per heavy atom. The molecule has 1 aliphatic rings. The number of likely N-dealkylation sites (N-methyl/N-ethyl adjacent to an activating group) is 1. The average molecular weight is 328 g/mol. The van der Waals surface area contributed by atoms with E-state index in [1.807, 2.05) is 6.92 Å². The minimum absolute atomic E-state index is 0.00517. The summed E-state index contributed by atoms with van der Waals surface area (Å²) in [6.45, 7) is 6.67. The number of nitrogens with zero attached hydrogens (tertiary/aromatic N) is 3. The molecule has 6 nitrogen and oxygen atoms in total. The third-order valence-corrected chi connectivity index (χ3v) is 5.85. The lowest BCUT2D eigenvalue weighted by atomic mass is 10.2. The molecule has 1 unspecified atom stereocenters. The van der Waals surface area contributed by atoms with Crippen molar-refractivity contribution in [2.24, 2.45) is 5.73 Å². The van der Waals surface area contributed by atoms with Gasteiger partial charge in [0, 0.05) is 31.9 Å². The molecule has 1 atom stereocenters. The molecule has 21 heavy (non-hydrogen) atoms. The molecule has 116 valence electrons. The Labute approximate surface area is 131 Å². The zero-order valence-electron chi connectivity index (χ0n) is 12.2. The molecule has 8 heteroatoms. The van der Waals surface area contributed by atoms with Gasteiger partial charge in [-0.2, -0.15) is 4.31 Å². The number of hydrogen-bond donors (Lipinski definition) is 1. The highest BCUT2D eigenvalue weighted by atomic mass is 32.2. The number of hydrogen-bond acceptors (Lipinski definition) is 5. The van der Waals surface area contributed by atoms with Gasteiger partial charge in [-0.3, -0.25) is 9.88 Å². The van der Waals surface area contributed by atoms with Crippen molar-refractivity contribution in [1.82, 2.24) is 14.2 Å². The number of thiocarbonyl (C=S) groups is 1. The number of nitrogens with two attached hydrogens (primary N) is 1. The normalized spacial score (nSPS) is 21.3. The van der Waals surface area contributed by atoms with Gasteiger partial charge in [0.25, 0.3) is 0 Å². The average Bonchev–Trinajstić information content (AvgIpc) is 2.47. The first kappa shape index (κ1) is 16.3. The second-order valence-corrected chi connectivity index (χ2v) is 7.40. The highest BCUT2D eigenvalue weighted by Crippen LogP contribution is 2.22. The van der Waals surface area contributed by atoms with Crippen LogP contribution in [0.1, 0.15) is 19.5 Å². The van der Waals surface area contributed by atoms with Crippen molar-refractivity contribution >= 4 is 27.2 Å². The van der Waals surface area contributed by atoms with E-state index in [4.69, 9.17) is 18.0 Å². The van der Waals surface area contributed by atoms with E-state index in [1.54, 1.807) is 6.07 Å². The molecule has 0 bridgehead atoms. The van der Waals surface area contributed by atoms with Gasteiger partial charge in [0.05, 0.1) is 0 Å². The number of aromatic nitrogens is 1. The summed E-state index contributed by atoms with van der Waals surface area (Å²) in [6, 6.07) is 3.28. The topological polar surface area (TPSA) is 79.5 Å². The van der Waals surface area contributed by atoms with E-state index >= 15 is 0 Å². The van der Waals surface area contributed by atoms with E-state index in [0.717, 1.165) is 13.1 Å².